The normalized spacial score (nSPS) is 16.3. The number of nitrogens with two attached hydrogens (primary N) is 1. The minimum atomic E-state index is 0.334. The summed E-state index contributed by atoms with van der Waals surface area (Å²) in [6, 6.07) is 8.59. The third kappa shape index (κ3) is 3.23. The Morgan fingerprint density at radius 1 is 1.04 bits per heavy atom. The van der Waals surface area contributed by atoms with Crippen LogP contribution in [0.4, 0.5) is 5.69 Å². The van der Waals surface area contributed by atoms with Gasteiger partial charge in [-0.1, -0.05) is 19.1 Å². The molecule has 124 valence electrons. The van der Waals surface area contributed by atoms with E-state index in [1.165, 1.54) is 5.69 Å². The Morgan fingerprint density at radius 2 is 1.65 bits per heavy atom. The fraction of sp³-hybridized carbons (Fsp3) is 0.529. The largest absolute Gasteiger partial charge is 0.369 e. The van der Waals surface area contributed by atoms with E-state index in [1.807, 2.05) is 4.68 Å². The van der Waals surface area contributed by atoms with Crippen LogP contribution in [-0.2, 0) is 6.54 Å². The maximum Gasteiger partial charge on any atom is 0.100 e. The van der Waals surface area contributed by atoms with Gasteiger partial charge in [-0.2, -0.15) is 0 Å². The molecule has 0 atom stereocenters. The topological polar surface area (TPSA) is 63.2 Å². The molecule has 0 unspecified atom stereocenters. The summed E-state index contributed by atoms with van der Waals surface area (Å²) in [4.78, 5) is 4.79. The average molecular weight is 314 g/mol. The summed E-state index contributed by atoms with van der Waals surface area (Å²) >= 11 is 0. The molecule has 23 heavy (non-hydrogen) atoms. The van der Waals surface area contributed by atoms with E-state index in [2.05, 4.69) is 65.3 Å². The zero-order valence-corrected chi connectivity index (χ0v) is 14.2. The molecule has 0 amide bonds. The molecule has 0 bridgehead atoms. The van der Waals surface area contributed by atoms with Crippen molar-refractivity contribution in [1.29, 1.82) is 0 Å². The number of piperazine rings is 1. The fourth-order valence-electron chi connectivity index (χ4n) is 3.10. The Balaban J connectivity index is 1.84. The number of benzene rings is 1. The SMILES string of the molecule is CC(C)c1c(CN)nnn1-c1ccc(N2CCN(C)CC2)cc1. The number of nitrogens with zero attached hydrogens (tertiary/aromatic N) is 5. The van der Waals surface area contributed by atoms with Gasteiger partial charge in [0.2, 0.25) is 0 Å². The van der Waals surface area contributed by atoms with Crippen LogP contribution in [0.15, 0.2) is 24.3 Å². The van der Waals surface area contributed by atoms with Crippen molar-refractivity contribution in [1.82, 2.24) is 19.9 Å². The molecule has 1 aliphatic heterocycles. The lowest BCUT2D eigenvalue weighted by Crippen LogP contribution is -2.44. The second-order valence-electron chi connectivity index (χ2n) is 6.50. The van der Waals surface area contributed by atoms with Crippen LogP contribution in [0.2, 0.25) is 0 Å². The summed E-state index contributed by atoms with van der Waals surface area (Å²) in [7, 11) is 2.17. The summed E-state index contributed by atoms with van der Waals surface area (Å²) in [5, 5.41) is 8.52. The minimum absolute atomic E-state index is 0.334. The first-order valence-corrected chi connectivity index (χ1v) is 8.28. The highest BCUT2D eigenvalue weighted by atomic mass is 15.4. The van der Waals surface area contributed by atoms with E-state index in [1.54, 1.807) is 0 Å². The van der Waals surface area contributed by atoms with Gasteiger partial charge in [0.05, 0.1) is 11.4 Å². The molecule has 2 N–H and O–H groups in total. The molecule has 0 saturated carbocycles. The molecule has 1 aromatic heterocycles. The first-order valence-electron chi connectivity index (χ1n) is 8.28. The first kappa shape index (κ1) is 16.0. The number of hydrogen-bond acceptors (Lipinski definition) is 5. The second kappa shape index (κ2) is 6.68. The predicted octanol–water partition coefficient (Wildman–Crippen LogP) is 1.60. The van der Waals surface area contributed by atoms with Crippen LogP contribution in [-0.4, -0.2) is 53.1 Å². The highest BCUT2D eigenvalue weighted by Gasteiger charge is 2.17. The summed E-state index contributed by atoms with van der Waals surface area (Å²) in [5.41, 5.74) is 10.1. The molecule has 1 aromatic carbocycles. The smallest absolute Gasteiger partial charge is 0.100 e. The Labute approximate surface area is 137 Å². The molecule has 2 heterocycles. The van der Waals surface area contributed by atoms with Gasteiger partial charge in [0.15, 0.2) is 0 Å². The quantitative estimate of drug-likeness (QED) is 0.929. The van der Waals surface area contributed by atoms with Crippen LogP contribution in [0.3, 0.4) is 0 Å². The van der Waals surface area contributed by atoms with Gasteiger partial charge in [-0.05, 0) is 37.2 Å². The van der Waals surface area contributed by atoms with Gasteiger partial charge in [0.1, 0.15) is 5.69 Å². The maximum absolute atomic E-state index is 5.79. The van der Waals surface area contributed by atoms with E-state index in [0.717, 1.165) is 43.3 Å². The lowest BCUT2D eigenvalue weighted by Gasteiger charge is -2.34. The molecule has 1 fully saturated rings. The molecule has 1 aliphatic rings. The molecule has 6 heteroatoms. The summed E-state index contributed by atoms with van der Waals surface area (Å²) < 4.78 is 1.92. The molecule has 6 nitrogen and oxygen atoms in total. The highest BCUT2D eigenvalue weighted by molar-refractivity contribution is 5.51. The van der Waals surface area contributed by atoms with E-state index in [0.29, 0.717) is 12.5 Å². The van der Waals surface area contributed by atoms with Crippen LogP contribution in [0.1, 0.15) is 31.2 Å². The van der Waals surface area contributed by atoms with E-state index < -0.39 is 0 Å². The molecule has 0 aliphatic carbocycles. The van der Waals surface area contributed by atoms with Crippen molar-refractivity contribution < 1.29 is 0 Å². The van der Waals surface area contributed by atoms with Gasteiger partial charge in [0, 0.05) is 38.4 Å². The van der Waals surface area contributed by atoms with Gasteiger partial charge < -0.3 is 15.5 Å². The van der Waals surface area contributed by atoms with Crippen LogP contribution in [0, 0.1) is 0 Å². The molecular formula is C17H26N6. The van der Waals surface area contributed by atoms with Crippen molar-refractivity contribution in [2.45, 2.75) is 26.3 Å². The number of anilines is 1. The third-order valence-corrected chi connectivity index (χ3v) is 4.48. The van der Waals surface area contributed by atoms with E-state index >= 15 is 0 Å². The Morgan fingerprint density at radius 3 is 2.22 bits per heavy atom. The van der Waals surface area contributed by atoms with Crippen LogP contribution in [0.5, 0.6) is 0 Å². The van der Waals surface area contributed by atoms with Crippen molar-refractivity contribution in [2.75, 3.05) is 38.1 Å². The summed E-state index contributed by atoms with van der Waals surface area (Å²) in [5.74, 6) is 0.334. The minimum Gasteiger partial charge on any atom is -0.369 e. The Bertz CT molecular complexity index is 638. The zero-order valence-electron chi connectivity index (χ0n) is 14.2. The molecular weight excluding hydrogens is 288 g/mol. The molecule has 0 radical (unpaired) electrons. The predicted molar refractivity (Wildman–Crippen MR) is 93.0 cm³/mol. The van der Waals surface area contributed by atoms with Crippen LogP contribution in [0.25, 0.3) is 5.69 Å². The van der Waals surface area contributed by atoms with Crippen LogP contribution >= 0.6 is 0 Å². The van der Waals surface area contributed by atoms with Crippen LogP contribution < -0.4 is 10.6 Å². The zero-order chi connectivity index (χ0) is 16.4. The molecule has 3 rings (SSSR count). The Kier molecular flexibility index (Phi) is 4.63. The van der Waals surface area contributed by atoms with Gasteiger partial charge in [-0.25, -0.2) is 4.68 Å². The number of aromatic nitrogens is 3. The molecule has 2 aromatic rings. The van der Waals surface area contributed by atoms with Crippen molar-refractivity contribution in [2.24, 2.45) is 5.73 Å². The van der Waals surface area contributed by atoms with Crippen molar-refractivity contribution in [3.8, 4) is 5.69 Å². The first-order chi connectivity index (χ1) is 11.1. The second-order valence-corrected chi connectivity index (χ2v) is 6.50. The number of hydrogen-bond donors (Lipinski definition) is 1. The van der Waals surface area contributed by atoms with Crippen molar-refractivity contribution in [3.05, 3.63) is 35.7 Å². The van der Waals surface area contributed by atoms with Crippen molar-refractivity contribution in [3.63, 3.8) is 0 Å². The summed E-state index contributed by atoms with van der Waals surface area (Å²) in [6.07, 6.45) is 0. The molecule has 1 saturated heterocycles. The van der Waals surface area contributed by atoms with E-state index in [-0.39, 0.29) is 0 Å². The monoisotopic (exact) mass is 314 g/mol. The van der Waals surface area contributed by atoms with Gasteiger partial charge in [-0.3, -0.25) is 0 Å². The van der Waals surface area contributed by atoms with E-state index in [9.17, 15) is 0 Å². The highest BCUT2D eigenvalue weighted by Crippen LogP contribution is 2.23. The van der Waals surface area contributed by atoms with Crippen molar-refractivity contribution >= 4 is 5.69 Å². The summed E-state index contributed by atoms with van der Waals surface area (Å²) in [6.45, 7) is 9.10. The van der Waals surface area contributed by atoms with Gasteiger partial charge in [-0.15, -0.1) is 5.10 Å². The lowest BCUT2D eigenvalue weighted by atomic mass is 10.1. The molecule has 0 spiro atoms. The lowest BCUT2D eigenvalue weighted by molar-refractivity contribution is 0.313. The fourth-order valence-corrected chi connectivity index (χ4v) is 3.10. The van der Waals surface area contributed by atoms with Gasteiger partial charge >= 0.3 is 0 Å². The average Bonchev–Trinajstić information content (AvgIpc) is 3.00. The van der Waals surface area contributed by atoms with E-state index in [4.69, 9.17) is 5.73 Å². The maximum atomic E-state index is 5.79. The Hall–Kier alpha value is -1.92. The third-order valence-electron chi connectivity index (χ3n) is 4.48. The van der Waals surface area contributed by atoms with Gasteiger partial charge in [0.25, 0.3) is 0 Å². The number of likely N-dealkylation sites (N-methyl/N-ethyl adjacent to an activating group) is 1. The standard InChI is InChI=1S/C17H26N6/c1-13(2)17-16(12-18)19-20-23(17)15-6-4-14(5-7-15)22-10-8-21(3)9-11-22/h4-7,13H,8-12,18H2,1-3H3. The number of rotatable bonds is 4.